The van der Waals surface area contributed by atoms with Crippen molar-refractivity contribution in [2.45, 2.75) is 64.4 Å². The molecule has 2 aromatic heterocycles. The first-order valence-corrected chi connectivity index (χ1v) is 11.0. The second kappa shape index (κ2) is 8.06. The molecule has 0 N–H and O–H groups in total. The third-order valence-electron chi connectivity index (χ3n) is 4.92. The van der Waals surface area contributed by atoms with Crippen LogP contribution in [0, 0.1) is 0 Å². The van der Waals surface area contributed by atoms with Crippen LogP contribution in [0.1, 0.15) is 59.6 Å². The molecule has 0 radical (unpaired) electrons. The average molecular weight is 411 g/mol. The SMILES string of the molecule is Cn1cc([C@H](CC(=O)SC(C)(C)C)O[b-]2cccn2C(C)(C)C)c2ccccc21. The van der Waals surface area contributed by atoms with E-state index in [1.165, 1.54) is 11.8 Å². The van der Waals surface area contributed by atoms with E-state index in [2.05, 4.69) is 81.1 Å². The Hall–Kier alpha value is -1.95. The van der Waals surface area contributed by atoms with Gasteiger partial charge in [-0.3, -0.25) is 4.79 Å². The van der Waals surface area contributed by atoms with Gasteiger partial charge < -0.3 is 13.7 Å². The van der Waals surface area contributed by atoms with E-state index >= 15 is 0 Å². The standard InChI is InChI=1S/C23H32BN2O2S/c1-22(2,3)26-14-10-13-24(26)28-20(15-21(27)29-23(4,5)6)18-16-25(7)19-12-9-8-11-17(18)19/h8-14,16,20H,15H2,1-7H3/q-1/t20-/m0/s1. The highest BCUT2D eigenvalue weighted by Gasteiger charge is 2.24. The maximum Gasteiger partial charge on any atom is 0.193 e. The zero-order valence-corrected chi connectivity index (χ0v) is 19.4. The Morgan fingerprint density at radius 2 is 1.83 bits per heavy atom. The molecule has 29 heavy (non-hydrogen) atoms. The molecule has 0 fully saturated rings. The summed E-state index contributed by atoms with van der Waals surface area (Å²) in [6.07, 6.45) is 4.21. The maximum absolute atomic E-state index is 12.9. The summed E-state index contributed by atoms with van der Waals surface area (Å²) < 4.78 is 10.8. The number of carbonyl (C=O) groups is 1. The molecule has 4 nitrogen and oxygen atoms in total. The Labute approximate surface area is 178 Å². The van der Waals surface area contributed by atoms with Gasteiger partial charge in [0.15, 0.2) is 11.8 Å². The average Bonchev–Trinajstić information content (AvgIpc) is 3.17. The van der Waals surface area contributed by atoms with Gasteiger partial charge >= 0.3 is 0 Å². The number of para-hydroxylation sites is 1. The van der Waals surface area contributed by atoms with Crippen molar-refractivity contribution >= 4 is 34.5 Å². The molecule has 1 aromatic carbocycles. The Kier molecular flexibility index (Phi) is 6.04. The van der Waals surface area contributed by atoms with Crippen LogP contribution in [0.4, 0.5) is 0 Å². The highest BCUT2D eigenvalue weighted by molar-refractivity contribution is 8.14. The number of carbonyl (C=O) groups excluding carboxylic acids is 1. The quantitative estimate of drug-likeness (QED) is 0.566. The third-order valence-corrected chi connectivity index (χ3v) is 5.93. The predicted octanol–water partition coefficient (Wildman–Crippen LogP) is 5.38. The van der Waals surface area contributed by atoms with Crippen molar-refractivity contribution in [1.29, 1.82) is 0 Å². The number of aromatic nitrogens is 2. The van der Waals surface area contributed by atoms with Gasteiger partial charge in [0.2, 0.25) is 0 Å². The first-order valence-electron chi connectivity index (χ1n) is 10.2. The fraction of sp³-hybridized carbons (Fsp3) is 0.478. The lowest BCUT2D eigenvalue weighted by Crippen LogP contribution is -2.34. The van der Waals surface area contributed by atoms with Gasteiger partial charge in [-0.25, -0.2) is 5.96 Å². The smallest absolute Gasteiger partial charge is 0.193 e. The van der Waals surface area contributed by atoms with E-state index < -0.39 is 0 Å². The van der Waals surface area contributed by atoms with Crippen LogP contribution in [0.25, 0.3) is 10.9 Å². The van der Waals surface area contributed by atoms with Gasteiger partial charge in [0, 0.05) is 34.5 Å². The number of thioether (sulfide) groups is 1. The lowest BCUT2D eigenvalue weighted by molar-refractivity contribution is -0.112. The lowest BCUT2D eigenvalue weighted by Gasteiger charge is -2.37. The topological polar surface area (TPSA) is 36.2 Å². The van der Waals surface area contributed by atoms with Crippen LogP contribution >= 0.6 is 11.8 Å². The van der Waals surface area contributed by atoms with Gasteiger partial charge in [-0.05, 0) is 38.6 Å². The first-order chi connectivity index (χ1) is 13.5. The van der Waals surface area contributed by atoms with E-state index in [1.807, 2.05) is 25.2 Å². The molecular formula is C23H32BN2O2S-. The number of hydrogen-bond acceptors (Lipinski definition) is 3. The molecule has 0 saturated carbocycles. The summed E-state index contributed by atoms with van der Waals surface area (Å²) >= 11 is 1.39. The van der Waals surface area contributed by atoms with Gasteiger partial charge in [0.25, 0.3) is 0 Å². The summed E-state index contributed by atoms with van der Waals surface area (Å²) in [6.45, 7) is 12.5. The molecule has 0 aliphatic heterocycles. The van der Waals surface area contributed by atoms with Gasteiger partial charge in [-0.1, -0.05) is 56.8 Å². The van der Waals surface area contributed by atoms with E-state index in [4.69, 9.17) is 4.65 Å². The molecule has 0 amide bonds. The van der Waals surface area contributed by atoms with E-state index in [1.54, 1.807) is 0 Å². The summed E-state index contributed by atoms with van der Waals surface area (Å²) in [7, 11) is 2.04. The predicted molar refractivity (Wildman–Crippen MR) is 125 cm³/mol. The number of nitrogens with zero attached hydrogens (tertiary/aromatic N) is 2. The van der Waals surface area contributed by atoms with E-state index in [0.717, 1.165) is 16.5 Å². The molecule has 156 valence electrons. The number of fused-ring (bicyclic) bond motifs is 1. The van der Waals surface area contributed by atoms with Crippen LogP contribution < -0.4 is 4.65 Å². The van der Waals surface area contributed by atoms with Gasteiger partial charge in [-0.15, -0.1) is 0 Å². The number of hydrogen-bond donors (Lipinski definition) is 0. The summed E-state index contributed by atoms with van der Waals surface area (Å²) in [4.78, 5) is 12.9. The molecule has 0 aliphatic rings. The summed E-state index contributed by atoms with van der Waals surface area (Å²) in [6, 6.07) is 10.3. The minimum atomic E-state index is -0.311. The van der Waals surface area contributed by atoms with Crippen LogP contribution in [0.3, 0.4) is 0 Å². The summed E-state index contributed by atoms with van der Waals surface area (Å²) in [5, 5.41) is 1.30. The molecular weight excluding hydrogens is 379 g/mol. The van der Waals surface area contributed by atoms with Crippen molar-refractivity contribution in [3.8, 4) is 0 Å². The van der Waals surface area contributed by atoms with Gasteiger partial charge in [0.05, 0.1) is 12.5 Å². The van der Waals surface area contributed by atoms with Crippen LogP contribution in [0.15, 0.2) is 48.7 Å². The number of rotatable bonds is 5. The van der Waals surface area contributed by atoms with Crippen molar-refractivity contribution in [1.82, 2.24) is 9.04 Å². The molecule has 1 atom stereocenters. The molecule has 0 unspecified atom stereocenters. The molecule has 6 heteroatoms. The van der Waals surface area contributed by atoms with Gasteiger partial charge in [0.1, 0.15) is 0 Å². The second-order valence-electron chi connectivity index (χ2n) is 9.63. The zero-order chi connectivity index (χ0) is 21.4. The van der Waals surface area contributed by atoms with Crippen LogP contribution in [0.5, 0.6) is 0 Å². The van der Waals surface area contributed by atoms with Crippen LogP contribution in [0.2, 0.25) is 0 Å². The van der Waals surface area contributed by atoms with E-state index in [0.29, 0.717) is 6.42 Å². The van der Waals surface area contributed by atoms with Crippen molar-refractivity contribution < 1.29 is 9.45 Å². The monoisotopic (exact) mass is 411 g/mol. The molecule has 0 aliphatic carbocycles. The summed E-state index contributed by atoms with van der Waals surface area (Å²) in [5.41, 5.74) is 2.15. The second-order valence-corrected chi connectivity index (χ2v) is 11.5. The number of benzene rings is 1. The first kappa shape index (κ1) is 21.8. The highest BCUT2D eigenvalue weighted by atomic mass is 32.2. The van der Waals surface area contributed by atoms with Crippen LogP contribution in [-0.4, -0.2) is 25.6 Å². The lowest BCUT2D eigenvalue weighted by atomic mass is 9.93. The molecule has 0 bridgehead atoms. The Morgan fingerprint density at radius 1 is 1.14 bits per heavy atom. The van der Waals surface area contributed by atoms with Crippen LogP contribution in [-0.2, 0) is 17.4 Å². The molecule has 3 rings (SSSR count). The molecule has 3 aromatic rings. The van der Waals surface area contributed by atoms with Crippen molar-refractivity contribution in [3.05, 3.63) is 54.3 Å². The maximum atomic E-state index is 12.9. The minimum absolute atomic E-state index is 0.0678. The Morgan fingerprint density at radius 3 is 2.48 bits per heavy atom. The normalized spacial score (nSPS) is 13.6. The molecule has 2 heterocycles. The molecule has 0 spiro atoms. The molecule has 0 saturated heterocycles. The minimum Gasteiger partial charge on any atom is -0.730 e. The van der Waals surface area contributed by atoms with Crippen molar-refractivity contribution in [2.75, 3.05) is 0 Å². The van der Waals surface area contributed by atoms with Gasteiger partial charge in [-0.2, -0.15) is 0 Å². The largest absolute Gasteiger partial charge is 0.730 e. The van der Waals surface area contributed by atoms with E-state index in [9.17, 15) is 4.79 Å². The Bertz CT molecular complexity index is 1010. The fourth-order valence-corrected chi connectivity index (χ4v) is 4.61. The Balaban J connectivity index is 2.00. The number of aryl methyl sites for hydroxylation is 1. The fourth-order valence-electron chi connectivity index (χ4n) is 3.70. The summed E-state index contributed by atoms with van der Waals surface area (Å²) in [5.74, 6) is 2.06. The van der Waals surface area contributed by atoms with Crippen molar-refractivity contribution in [2.24, 2.45) is 7.05 Å². The zero-order valence-electron chi connectivity index (χ0n) is 18.6. The van der Waals surface area contributed by atoms with Crippen molar-refractivity contribution in [3.63, 3.8) is 0 Å². The third kappa shape index (κ3) is 5.16. The highest BCUT2D eigenvalue weighted by Crippen LogP contribution is 2.33. The van der Waals surface area contributed by atoms with E-state index in [-0.39, 0.29) is 28.2 Å².